The maximum Gasteiger partial charge on any atom is 0.339 e. The Hall–Kier alpha value is -1.20. The van der Waals surface area contributed by atoms with Gasteiger partial charge in [0.05, 0.1) is 32.2 Å². The van der Waals surface area contributed by atoms with Gasteiger partial charge in [-0.05, 0) is 53.5 Å². The molecule has 0 spiro atoms. The normalized spacial score (nSPS) is 10.6. The molecule has 0 radical (unpaired) electrons. The van der Waals surface area contributed by atoms with Gasteiger partial charge in [0.25, 0.3) is 0 Å². The average molecular weight is 354 g/mol. The Morgan fingerprint density at radius 1 is 1.30 bits per heavy atom. The highest BCUT2D eigenvalue weighted by Crippen LogP contribution is 2.30. The molecule has 0 saturated carbocycles. The van der Waals surface area contributed by atoms with Crippen molar-refractivity contribution >= 4 is 33.2 Å². The summed E-state index contributed by atoms with van der Waals surface area (Å²) in [6.45, 7) is 4.26. The molecule has 0 bridgehead atoms. The van der Waals surface area contributed by atoms with Gasteiger partial charge >= 0.3 is 5.97 Å². The lowest BCUT2D eigenvalue weighted by molar-refractivity contribution is 0.0524. The number of aromatic nitrogens is 1. The number of carbonyl (C=O) groups excluding carboxylic acids is 1. The number of carbonyl (C=O) groups is 1. The molecule has 0 unspecified atom stereocenters. The van der Waals surface area contributed by atoms with Crippen molar-refractivity contribution in [3.8, 4) is 10.6 Å². The monoisotopic (exact) mass is 353 g/mol. The number of ether oxygens (including phenoxy) is 1. The van der Waals surface area contributed by atoms with E-state index in [9.17, 15) is 4.79 Å². The summed E-state index contributed by atoms with van der Waals surface area (Å²) >= 11 is 5.08. The van der Waals surface area contributed by atoms with Crippen molar-refractivity contribution < 1.29 is 9.53 Å². The first kappa shape index (κ1) is 15.2. The molecule has 5 heteroatoms. The van der Waals surface area contributed by atoms with Crippen molar-refractivity contribution in [2.45, 2.75) is 26.7 Å². The molecule has 3 nitrogen and oxygen atoms in total. The topological polar surface area (TPSA) is 39.2 Å². The number of hydrogen-bond acceptors (Lipinski definition) is 4. The van der Waals surface area contributed by atoms with Crippen LogP contribution in [0.25, 0.3) is 10.6 Å². The summed E-state index contributed by atoms with van der Waals surface area (Å²) in [5.41, 5.74) is 2.29. The van der Waals surface area contributed by atoms with Gasteiger partial charge in [0.2, 0.25) is 0 Å². The molecular formula is C15H16BrNO2S. The smallest absolute Gasteiger partial charge is 0.339 e. The first-order valence-corrected chi connectivity index (χ1v) is 8.19. The summed E-state index contributed by atoms with van der Waals surface area (Å²) in [6.07, 6.45) is 1.71. The number of hydrogen-bond donors (Lipinski definition) is 0. The third kappa shape index (κ3) is 3.46. The van der Waals surface area contributed by atoms with Crippen molar-refractivity contribution in [3.63, 3.8) is 0 Å². The highest BCUT2D eigenvalue weighted by atomic mass is 79.9. The molecule has 0 aromatic carbocycles. The van der Waals surface area contributed by atoms with Gasteiger partial charge in [-0.3, -0.25) is 4.98 Å². The molecule has 0 N–H and O–H groups in total. The molecule has 2 aromatic heterocycles. The molecule has 20 heavy (non-hydrogen) atoms. The highest BCUT2D eigenvalue weighted by molar-refractivity contribution is 9.11. The lowest BCUT2D eigenvalue weighted by atomic mass is 10.1. The summed E-state index contributed by atoms with van der Waals surface area (Å²) in [4.78, 5) is 17.7. The molecule has 0 atom stereocenters. The average Bonchev–Trinajstić information content (AvgIpc) is 2.86. The molecule has 106 valence electrons. The van der Waals surface area contributed by atoms with Gasteiger partial charge in [-0.1, -0.05) is 13.3 Å². The fourth-order valence-corrected chi connectivity index (χ4v) is 3.27. The van der Waals surface area contributed by atoms with Crippen LogP contribution in [0.2, 0.25) is 0 Å². The van der Waals surface area contributed by atoms with Gasteiger partial charge < -0.3 is 4.74 Å². The third-order valence-electron chi connectivity index (χ3n) is 2.78. The van der Waals surface area contributed by atoms with Gasteiger partial charge in [0, 0.05) is 0 Å². The fourth-order valence-electron chi connectivity index (χ4n) is 1.91. The summed E-state index contributed by atoms with van der Waals surface area (Å²) < 4.78 is 6.15. The van der Waals surface area contributed by atoms with Gasteiger partial charge in [-0.15, -0.1) is 11.3 Å². The zero-order valence-corrected chi connectivity index (χ0v) is 13.9. The van der Waals surface area contributed by atoms with Crippen molar-refractivity contribution in [2.75, 3.05) is 6.61 Å². The van der Waals surface area contributed by atoms with Crippen LogP contribution in [-0.2, 0) is 11.2 Å². The van der Waals surface area contributed by atoms with Crippen molar-refractivity contribution in [3.05, 3.63) is 39.3 Å². The minimum absolute atomic E-state index is 0.289. The number of thiophene rings is 1. The fraction of sp³-hybridized carbons (Fsp3) is 0.333. The minimum atomic E-state index is -0.289. The number of aryl methyl sites for hydroxylation is 1. The predicted octanol–water partition coefficient (Wildman–Crippen LogP) is 4.70. The Bertz CT molecular complexity index is 610. The first-order chi connectivity index (χ1) is 9.65. The van der Waals surface area contributed by atoms with E-state index in [-0.39, 0.29) is 5.97 Å². The number of rotatable bonds is 5. The van der Waals surface area contributed by atoms with Crippen LogP contribution < -0.4 is 0 Å². The van der Waals surface area contributed by atoms with Crippen LogP contribution in [0, 0.1) is 0 Å². The van der Waals surface area contributed by atoms with Crippen LogP contribution in [-0.4, -0.2) is 17.6 Å². The van der Waals surface area contributed by atoms with Crippen LogP contribution >= 0.6 is 27.3 Å². The SMILES string of the molecule is CCCc1nc(-c2ccc(Br)s2)ccc1C(=O)OCC. The lowest BCUT2D eigenvalue weighted by Gasteiger charge is -2.09. The largest absolute Gasteiger partial charge is 0.462 e. The lowest BCUT2D eigenvalue weighted by Crippen LogP contribution is -2.10. The van der Waals surface area contributed by atoms with E-state index in [0.717, 1.165) is 32.9 Å². The van der Waals surface area contributed by atoms with Gasteiger partial charge in [0.15, 0.2) is 0 Å². The van der Waals surface area contributed by atoms with E-state index < -0.39 is 0 Å². The van der Waals surface area contributed by atoms with Crippen molar-refractivity contribution in [2.24, 2.45) is 0 Å². The summed E-state index contributed by atoms with van der Waals surface area (Å²) in [5, 5.41) is 0. The number of pyridine rings is 1. The van der Waals surface area contributed by atoms with Crippen molar-refractivity contribution in [1.82, 2.24) is 4.98 Å². The van der Waals surface area contributed by atoms with Crippen LogP contribution in [0.5, 0.6) is 0 Å². The van der Waals surface area contributed by atoms with E-state index in [1.807, 2.05) is 31.2 Å². The molecule has 0 aliphatic rings. The second kappa shape index (κ2) is 6.99. The maximum absolute atomic E-state index is 11.9. The number of nitrogens with zero attached hydrogens (tertiary/aromatic N) is 1. The summed E-state index contributed by atoms with van der Waals surface area (Å²) in [5.74, 6) is -0.289. The number of esters is 1. The van der Waals surface area contributed by atoms with Gasteiger partial charge in [-0.2, -0.15) is 0 Å². The van der Waals surface area contributed by atoms with Crippen LogP contribution in [0.15, 0.2) is 28.1 Å². The molecule has 2 aromatic rings. The quantitative estimate of drug-likeness (QED) is 0.731. The highest BCUT2D eigenvalue weighted by Gasteiger charge is 2.15. The zero-order valence-electron chi connectivity index (χ0n) is 11.5. The van der Waals surface area contributed by atoms with E-state index in [1.165, 1.54) is 0 Å². The van der Waals surface area contributed by atoms with E-state index >= 15 is 0 Å². The summed E-state index contributed by atoms with van der Waals surface area (Å²) in [7, 11) is 0. The first-order valence-electron chi connectivity index (χ1n) is 6.58. The molecule has 0 aliphatic heterocycles. The minimum Gasteiger partial charge on any atom is -0.462 e. The van der Waals surface area contributed by atoms with Crippen LogP contribution in [0.4, 0.5) is 0 Å². The van der Waals surface area contributed by atoms with Crippen LogP contribution in [0.3, 0.4) is 0 Å². The van der Waals surface area contributed by atoms with E-state index in [4.69, 9.17) is 4.74 Å². The van der Waals surface area contributed by atoms with Crippen LogP contribution in [0.1, 0.15) is 36.3 Å². The summed E-state index contributed by atoms with van der Waals surface area (Å²) in [6, 6.07) is 7.72. The Labute approximate surface area is 131 Å². The standard InChI is InChI=1S/C15H16BrNO2S/c1-3-5-11-10(15(18)19-4-2)6-7-12(17-11)13-8-9-14(16)20-13/h6-9H,3-5H2,1-2H3. The Balaban J connectivity index is 2.39. The van der Waals surface area contributed by atoms with E-state index in [0.29, 0.717) is 12.2 Å². The molecule has 0 fully saturated rings. The predicted molar refractivity (Wildman–Crippen MR) is 85.2 cm³/mol. The molecule has 0 aliphatic carbocycles. The Kier molecular flexibility index (Phi) is 5.31. The number of halogens is 1. The zero-order chi connectivity index (χ0) is 14.5. The van der Waals surface area contributed by atoms with Gasteiger partial charge in [-0.25, -0.2) is 4.79 Å². The molecular weight excluding hydrogens is 338 g/mol. The second-order valence-corrected chi connectivity index (χ2v) is 6.73. The van der Waals surface area contributed by atoms with Crippen molar-refractivity contribution in [1.29, 1.82) is 0 Å². The third-order valence-corrected chi connectivity index (χ3v) is 4.43. The second-order valence-electron chi connectivity index (χ2n) is 4.26. The molecule has 0 amide bonds. The Morgan fingerprint density at radius 2 is 2.10 bits per heavy atom. The molecule has 0 saturated heterocycles. The van der Waals surface area contributed by atoms with E-state index in [2.05, 4.69) is 27.8 Å². The van der Waals surface area contributed by atoms with E-state index in [1.54, 1.807) is 11.3 Å². The van der Waals surface area contributed by atoms with Gasteiger partial charge in [0.1, 0.15) is 0 Å². The maximum atomic E-state index is 11.9. The molecule has 2 heterocycles. The molecule has 2 rings (SSSR count). The Morgan fingerprint density at radius 3 is 2.70 bits per heavy atom.